The van der Waals surface area contributed by atoms with E-state index in [1.165, 1.54) is 13.2 Å². The molecule has 0 unspecified atom stereocenters. The SMILES string of the molecule is COc1cc(Br)c(C=C(C#N)C(=O)c2ccccc2)cc1OC. The van der Waals surface area contributed by atoms with Gasteiger partial charge in [-0.3, -0.25) is 4.79 Å². The van der Waals surface area contributed by atoms with Gasteiger partial charge in [-0.25, -0.2) is 0 Å². The normalized spacial score (nSPS) is 10.8. The molecular formula is C18H14BrNO3. The maximum Gasteiger partial charge on any atom is 0.203 e. The summed E-state index contributed by atoms with van der Waals surface area (Å²) in [6.07, 6.45) is 1.53. The predicted molar refractivity (Wildman–Crippen MR) is 91.6 cm³/mol. The van der Waals surface area contributed by atoms with E-state index in [0.717, 1.165) is 0 Å². The van der Waals surface area contributed by atoms with Gasteiger partial charge < -0.3 is 9.47 Å². The van der Waals surface area contributed by atoms with Gasteiger partial charge in [-0.1, -0.05) is 46.3 Å². The number of benzene rings is 2. The summed E-state index contributed by atoms with van der Waals surface area (Å²) in [4.78, 5) is 12.4. The molecule has 0 aromatic heterocycles. The number of allylic oxidation sites excluding steroid dienone is 1. The first kappa shape index (κ1) is 16.8. The van der Waals surface area contributed by atoms with E-state index < -0.39 is 0 Å². The topological polar surface area (TPSA) is 59.3 Å². The van der Waals surface area contributed by atoms with Gasteiger partial charge in [0.1, 0.15) is 11.6 Å². The molecule has 116 valence electrons. The largest absolute Gasteiger partial charge is 0.493 e. The van der Waals surface area contributed by atoms with Gasteiger partial charge in [0.25, 0.3) is 0 Å². The summed E-state index contributed by atoms with van der Waals surface area (Å²) in [6.45, 7) is 0. The maximum absolute atomic E-state index is 12.4. The van der Waals surface area contributed by atoms with E-state index in [0.29, 0.717) is 27.1 Å². The molecule has 0 N–H and O–H groups in total. The number of Topliss-reactive ketones (excluding diaryl/α,β-unsaturated/α-hetero) is 1. The van der Waals surface area contributed by atoms with Gasteiger partial charge in [0.2, 0.25) is 5.78 Å². The van der Waals surface area contributed by atoms with Gasteiger partial charge in [0.15, 0.2) is 11.5 Å². The lowest BCUT2D eigenvalue weighted by Gasteiger charge is -2.10. The Hall–Kier alpha value is -2.58. The van der Waals surface area contributed by atoms with Crippen LogP contribution in [0.15, 0.2) is 52.5 Å². The first-order valence-corrected chi connectivity index (χ1v) is 7.53. The predicted octanol–water partition coefficient (Wildman–Crippen LogP) is 4.26. The lowest BCUT2D eigenvalue weighted by molar-refractivity contribution is 0.104. The van der Waals surface area contributed by atoms with Crippen LogP contribution in [0.1, 0.15) is 15.9 Å². The quantitative estimate of drug-likeness (QED) is 0.447. The zero-order chi connectivity index (χ0) is 16.8. The average Bonchev–Trinajstić information content (AvgIpc) is 2.60. The fourth-order valence-electron chi connectivity index (χ4n) is 2.03. The van der Waals surface area contributed by atoms with Gasteiger partial charge in [-0.2, -0.15) is 5.26 Å². The summed E-state index contributed by atoms with van der Waals surface area (Å²) in [7, 11) is 3.07. The average molecular weight is 372 g/mol. The molecule has 2 rings (SSSR count). The molecule has 4 nitrogen and oxygen atoms in total. The second kappa shape index (κ2) is 7.61. The number of methoxy groups -OCH3 is 2. The summed E-state index contributed by atoms with van der Waals surface area (Å²) in [6, 6.07) is 14.1. The van der Waals surface area contributed by atoms with E-state index >= 15 is 0 Å². The molecule has 0 fully saturated rings. The van der Waals surface area contributed by atoms with Gasteiger partial charge in [-0.15, -0.1) is 0 Å². The highest BCUT2D eigenvalue weighted by molar-refractivity contribution is 9.10. The van der Waals surface area contributed by atoms with Crippen LogP contribution in [0.3, 0.4) is 0 Å². The van der Waals surface area contributed by atoms with Crippen LogP contribution in [-0.4, -0.2) is 20.0 Å². The minimum absolute atomic E-state index is 0.0455. The maximum atomic E-state index is 12.4. The third-order valence-electron chi connectivity index (χ3n) is 3.20. The van der Waals surface area contributed by atoms with Crippen molar-refractivity contribution in [1.82, 2.24) is 0 Å². The third kappa shape index (κ3) is 3.79. The number of rotatable bonds is 5. The smallest absolute Gasteiger partial charge is 0.203 e. The number of carbonyl (C=O) groups is 1. The van der Waals surface area contributed by atoms with Crippen LogP contribution in [0.4, 0.5) is 0 Å². The van der Waals surface area contributed by atoms with Crippen molar-refractivity contribution in [2.75, 3.05) is 14.2 Å². The Morgan fingerprint density at radius 3 is 2.30 bits per heavy atom. The molecule has 0 bridgehead atoms. The number of ketones is 1. The van der Waals surface area contributed by atoms with E-state index in [9.17, 15) is 10.1 Å². The summed E-state index contributed by atoms with van der Waals surface area (Å²) >= 11 is 3.41. The van der Waals surface area contributed by atoms with Crippen LogP contribution in [-0.2, 0) is 0 Å². The molecule has 0 atom stereocenters. The molecular weight excluding hydrogens is 358 g/mol. The number of carbonyl (C=O) groups excluding carboxylic acids is 1. The van der Waals surface area contributed by atoms with Crippen molar-refractivity contribution in [3.8, 4) is 17.6 Å². The van der Waals surface area contributed by atoms with Crippen LogP contribution in [0.5, 0.6) is 11.5 Å². The van der Waals surface area contributed by atoms with Gasteiger partial charge in [0, 0.05) is 10.0 Å². The zero-order valence-electron chi connectivity index (χ0n) is 12.7. The molecule has 0 spiro atoms. The molecule has 5 heteroatoms. The van der Waals surface area contributed by atoms with E-state index in [2.05, 4.69) is 15.9 Å². The first-order valence-electron chi connectivity index (χ1n) is 6.73. The number of halogens is 1. The van der Waals surface area contributed by atoms with Gasteiger partial charge >= 0.3 is 0 Å². The van der Waals surface area contributed by atoms with E-state index in [4.69, 9.17) is 9.47 Å². The Morgan fingerprint density at radius 1 is 1.13 bits per heavy atom. The number of hydrogen-bond acceptors (Lipinski definition) is 4. The fraction of sp³-hybridized carbons (Fsp3) is 0.111. The molecule has 23 heavy (non-hydrogen) atoms. The molecule has 2 aromatic carbocycles. The lowest BCUT2D eigenvalue weighted by Crippen LogP contribution is -2.01. The van der Waals surface area contributed by atoms with E-state index in [1.807, 2.05) is 12.1 Å². The number of nitrogens with zero attached hydrogens (tertiary/aromatic N) is 1. The highest BCUT2D eigenvalue weighted by Crippen LogP contribution is 2.34. The number of ether oxygens (including phenoxy) is 2. The van der Waals surface area contributed by atoms with Crippen molar-refractivity contribution in [3.63, 3.8) is 0 Å². The summed E-state index contributed by atoms with van der Waals surface area (Å²) < 4.78 is 11.2. The van der Waals surface area contributed by atoms with Crippen molar-refractivity contribution in [2.45, 2.75) is 0 Å². The van der Waals surface area contributed by atoms with Gasteiger partial charge in [0.05, 0.1) is 14.2 Å². The molecule has 2 aromatic rings. The molecule has 0 saturated carbocycles. The zero-order valence-corrected chi connectivity index (χ0v) is 14.3. The summed E-state index contributed by atoms with van der Waals surface area (Å²) in [5, 5.41) is 9.33. The lowest BCUT2D eigenvalue weighted by atomic mass is 10.0. The molecule has 0 saturated heterocycles. The van der Waals surface area contributed by atoms with Gasteiger partial charge in [-0.05, 0) is 23.8 Å². The van der Waals surface area contributed by atoms with Crippen molar-refractivity contribution >= 4 is 27.8 Å². The van der Waals surface area contributed by atoms with Crippen molar-refractivity contribution in [3.05, 3.63) is 63.6 Å². The van der Waals surface area contributed by atoms with Crippen LogP contribution < -0.4 is 9.47 Å². The van der Waals surface area contributed by atoms with Crippen LogP contribution >= 0.6 is 15.9 Å². The molecule has 0 heterocycles. The van der Waals surface area contributed by atoms with Crippen molar-refractivity contribution in [2.24, 2.45) is 0 Å². The Morgan fingerprint density at radius 2 is 1.74 bits per heavy atom. The second-order valence-electron chi connectivity index (χ2n) is 4.59. The minimum atomic E-state index is -0.324. The Kier molecular flexibility index (Phi) is 5.56. The van der Waals surface area contributed by atoms with Crippen LogP contribution in [0.2, 0.25) is 0 Å². The Labute approximate surface area is 143 Å². The molecule has 0 aliphatic rings. The molecule has 0 radical (unpaired) electrons. The molecule has 0 aliphatic carbocycles. The number of nitriles is 1. The molecule has 0 amide bonds. The minimum Gasteiger partial charge on any atom is -0.493 e. The third-order valence-corrected chi connectivity index (χ3v) is 3.89. The van der Waals surface area contributed by atoms with E-state index in [1.54, 1.807) is 43.5 Å². The second-order valence-corrected chi connectivity index (χ2v) is 5.45. The highest BCUT2D eigenvalue weighted by atomic mass is 79.9. The summed E-state index contributed by atoms with van der Waals surface area (Å²) in [5.74, 6) is 0.755. The van der Waals surface area contributed by atoms with E-state index in [-0.39, 0.29) is 11.4 Å². The first-order chi connectivity index (χ1) is 11.1. The van der Waals surface area contributed by atoms with Crippen LogP contribution in [0, 0.1) is 11.3 Å². The highest BCUT2D eigenvalue weighted by Gasteiger charge is 2.14. The monoisotopic (exact) mass is 371 g/mol. The number of hydrogen-bond donors (Lipinski definition) is 0. The molecule has 0 aliphatic heterocycles. The Balaban J connectivity index is 2.47. The van der Waals surface area contributed by atoms with Crippen molar-refractivity contribution in [1.29, 1.82) is 5.26 Å². The summed E-state index contributed by atoms with van der Waals surface area (Å²) in [5.41, 5.74) is 1.17. The Bertz CT molecular complexity index is 792. The standard InChI is InChI=1S/C18H14BrNO3/c1-22-16-9-13(15(19)10-17(16)23-2)8-14(11-20)18(21)12-6-4-3-5-7-12/h3-10H,1-2H3. The van der Waals surface area contributed by atoms with Crippen LogP contribution in [0.25, 0.3) is 6.08 Å². The fourth-order valence-corrected chi connectivity index (χ4v) is 2.47. The van der Waals surface area contributed by atoms with Crippen molar-refractivity contribution < 1.29 is 14.3 Å².